The number of carbonyl (C=O) groups is 1. The normalized spacial score (nSPS) is 35.3. The number of hydrogen-bond acceptors (Lipinski definition) is 3. The largest absolute Gasteiger partial charge is 0.497 e. The lowest BCUT2D eigenvalue weighted by Gasteiger charge is -2.49. The van der Waals surface area contributed by atoms with Gasteiger partial charge in [-0.3, -0.25) is 4.79 Å². The molecule has 4 heteroatoms. The number of esters is 1. The van der Waals surface area contributed by atoms with Gasteiger partial charge in [0, 0.05) is 11.5 Å². The fourth-order valence-electron chi connectivity index (χ4n) is 5.72. The van der Waals surface area contributed by atoms with Crippen LogP contribution in [-0.2, 0) is 16.1 Å². The van der Waals surface area contributed by atoms with Crippen molar-refractivity contribution in [1.82, 2.24) is 0 Å². The first-order valence-electron chi connectivity index (χ1n) is 10.3. The Balaban J connectivity index is 1.38. The van der Waals surface area contributed by atoms with Crippen LogP contribution in [0.4, 0.5) is 0 Å². The third-order valence-electron chi connectivity index (χ3n) is 7.28. The van der Waals surface area contributed by atoms with E-state index < -0.39 is 0 Å². The highest BCUT2D eigenvalue weighted by molar-refractivity contribution is 5.75. The maximum atomic E-state index is 12.6. The van der Waals surface area contributed by atoms with Crippen molar-refractivity contribution in [3.63, 3.8) is 0 Å². The Morgan fingerprint density at radius 1 is 1.33 bits per heavy atom. The van der Waals surface area contributed by atoms with Gasteiger partial charge in [-0.05, 0) is 67.7 Å². The molecule has 2 N–H and O–H groups in total. The van der Waals surface area contributed by atoms with Gasteiger partial charge in [-0.25, -0.2) is 0 Å². The second-order valence-corrected chi connectivity index (χ2v) is 8.98. The first kappa shape index (κ1) is 18.5. The monoisotopic (exact) mass is 370 g/mol. The molecule has 146 valence electrons. The van der Waals surface area contributed by atoms with Crippen molar-refractivity contribution >= 4 is 5.97 Å². The molecule has 27 heavy (non-hydrogen) atoms. The van der Waals surface area contributed by atoms with Crippen LogP contribution in [0.2, 0.25) is 0 Å². The number of ether oxygens (including phenoxy) is 2. The van der Waals surface area contributed by atoms with Gasteiger partial charge in [0.05, 0.1) is 13.7 Å². The lowest BCUT2D eigenvalue weighted by molar-refractivity contribution is -0.675. The Morgan fingerprint density at radius 3 is 2.85 bits per heavy atom. The van der Waals surface area contributed by atoms with Crippen molar-refractivity contribution in [3.8, 4) is 5.75 Å². The lowest BCUT2D eigenvalue weighted by atomic mass is 9.55. The van der Waals surface area contributed by atoms with Gasteiger partial charge in [-0.15, -0.1) is 0 Å². The first-order valence-corrected chi connectivity index (χ1v) is 10.3. The van der Waals surface area contributed by atoms with E-state index in [0.717, 1.165) is 38.1 Å². The zero-order chi connectivity index (χ0) is 19.0. The summed E-state index contributed by atoms with van der Waals surface area (Å²) < 4.78 is 11.1. The molecule has 0 radical (unpaired) electrons. The topological polar surface area (TPSA) is 52.1 Å². The Hall–Kier alpha value is -1.81. The van der Waals surface area contributed by atoms with E-state index in [0.29, 0.717) is 11.8 Å². The molecule has 0 unspecified atom stereocenters. The molecule has 3 fully saturated rings. The highest BCUT2D eigenvalue weighted by Crippen LogP contribution is 2.56. The highest BCUT2D eigenvalue weighted by atomic mass is 16.6. The number of allylic oxidation sites excluding steroid dienone is 1. The van der Waals surface area contributed by atoms with Gasteiger partial charge in [0.2, 0.25) is 0 Å². The predicted molar refractivity (Wildman–Crippen MR) is 104 cm³/mol. The zero-order valence-electron chi connectivity index (χ0n) is 16.6. The highest BCUT2D eigenvalue weighted by Gasteiger charge is 2.55. The molecular formula is C23H32NO3+. The van der Waals surface area contributed by atoms with Crippen LogP contribution in [0.25, 0.3) is 0 Å². The first-order chi connectivity index (χ1) is 13.0. The van der Waals surface area contributed by atoms with Gasteiger partial charge in [0.25, 0.3) is 0 Å². The molecule has 2 aliphatic carbocycles. The summed E-state index contributed by atoms with van der Waals surface area (Å²) in [6, 6.07) is 8.14. The van der Waals surface area contributed by atoms with Crippen LogP contribution in [-0.4, -0.2) is 25.7 Å². The third-order valence-corrected chi connectivity index (χ3v) is 7.28. The van der Waals surface area contributed by atoms with E-state index in [2.05, 4.69) is 31.0 Å². The minimum absolute atomic E-state index is 0.0174. The number of quaternary nitrogens is 1. The molecule has 0 bridgehead atoms. The molecule has 0 spiro atoms. The molecular weight excluding hydrogens is 338 g/mol. The SMILES string of the molecule is C=C1CCC[C@]2(C)C[C@H]3OC(=O)[C@H](C[NH2+]Cc4ccc(OC)cc4)[C@H]3C[C@@H]12. The van der Waals surface area contributed by atoms with Gasteiger partial charge in [-0.1, -0.05) is 19.1 Å². The van der Waals surface area contributed by atoms with E-state index >= 15 is 0 Å². The third kappa shape index (κ3) is 3.52. The molecule has 2 saturated carbocycles. The van der Waals surface area contributed by atoms with Gasteiger partial charge in [0.1, 0.15) is 24.3 Å². The Morgan fingerprint density at radius 2 is 2.11 bits per heavy atom. The summed E-state index contributed by atoms with van der Waals surface area (Å²) in [5.41, 5.74) is 2.93. The number of nitrogens with two attached hydrogens (primary N) is 1. The summed E-state index contributed by atoms with van der Waals surface area (Å²) in [4.78, 5) is 12.6. The summed E-state index contributed by atoms with van der Waals surface area (Å²) in [7, 11) is 1.68. The number of methoxy groups -OCH3 is 1. The maximum Gasteiger partial charge on any atom is 0.315 e. The minimum Gasteiger partial charge on any atom is -0.497 e. The number of rotatable bonds is 5. The molecule has 1 aromatic rings. The Kier molecular flexibility index (Phi) is 5.02. The molecule has 3 aliphatic rings. The molecule has 1 aliphatic heterocycles. The van der Waals surface area contributed by atoms with Crippen LogP contribution in [0.5, 0.6) is 5.75 Å². The van der Waals surface area contributed by atoms with Crippen molar-refractivity contribution in [2.45, 2.75) is 51.7 Å². The van der Waals surface area contributed by atoms with E-state index in [1.807, 2.05) is 12.1 Å². The lowest BCUT2D eigenvalue weighted by Crippen LogP contribution is -2.84. The number of fused-ring (bicyclic) bond motifs is 2. The van der Waals surface area contributed by atoms with E-state index in [9.17, 15) is 4.79 Å². The van der Waals surface area contributed by atoms with E-state index in [1.54, 1.807) is 7.11 Å². The Bertz CT molecular complexity index is 713. The van der Waals surface area contributed by atoms with E-state index in [4.69, 9.17) is 9.47 Å². The predicted octanol–water partition coefficient (Wildman–Crippen LogP) is 3.07. The quantitative estimate of drug-likeness (QED) is 0.640. The molecule has 4 nitrogen and oxygen atoms in total. The van der Waals surface area contributed by atoms with E-state index in [1.165, 1.54) is 24.0 Å². The number of carbonyl (C=O) groups excluding carboxylic acids is 1. The van der Waals surface area contributed by atoms with Crippen LogP contribution in [0.15, 0.2) is 36.4 Å². The standard InChI is InChI=1S/C23H31NO3/c1-15-5-4-10-23(2)12-21-18(11-20(15)23)19(22(25)27-21)14-24-13-16-6-8-17(26-3)9-7-16/h6-9,18-21,24H,1,4-5,10-14H2,2-3H3/p+1/t18-,19-,20+,21-,23-/m1/s1. The number of hydrogen-bond donors (Lipinski definition) is 1. The Labute approximate surface area is 162 Å². The van der Waals surface area contributed by atoms with Crippen LogP contribution in [0.1, 0.15) is 44.6 Å². The maximum absolute atomic E-state index is 12.6. The van der Waals surface area contributed by atoms with Crippen LogP contribution >= 0.6 is 0 Å². The molecule has 5 atom stereocenters. The summed E-state index contributed by atoms with van der Waals surface area (Å²) in [6.07, 6.45) is 5.83. The zero-order valence-corrected chi connectivity index (χ0v) is 16.6. The fraction of sp³-hybridized carbons (Fsp3) is 0.609. The van der Waals surface area contributed by atoms with Crippen molar-refractivity contribution in [2.24, 2.45) is 23.2 Å². The molecule has 1 heterocycles. The van der Waals surface area contributed by atoms with Gasteiger partial charge < -0.3 is 14.8 Å². The van der Waals surface area contributed by atoms with Gasteiger partial charge >= 0.3 is 5.97 Å². The molecule has 0 aromatic heterocycles. The van der Waals surface area contributed by atoms with Crippen molar-refractivity contribution in [3.05, 3.63) is 42.0 Å². The average molecular weight is 371 g/mol. The minimum atomic E-state index is 0.0174. The van der Waals surface area contributed by atoms with E-state index in [-0.39, 0.29) is 23.4 Å². The summed E-state index contributed by atoms with van der Waals surface area (Å²) in [5.74, 6) is 1.83. The molecule has 1 aromatic carbocycles. The second kappa shape index (κ2) is 7.31. The van der Waals surface area contributed by atoms with Crippen LogP contribution < -0.4 is 10.1 Å². The summed E-state index contributed by atoms with van der Waals surface area (Å²) in [5, 5.41) is 2.25. The van der Waals surface area contributed by atoms with Crippen molar-refractivity contribution in [2.75, 3.05) is 13.7 Å². The summed E-state index contributed by atoms with van der Waals surface area (Å²) in [6.45, 7) is 8.44. The van der Waals surface area contributed by atoms with Crippen LogP contribution in [0, 0.1) is 23.2 Å². The summed E-state index contributed by atoms with van der Waals surface area (Å²) >= 11 is 0. The van der Waals surface area contributed by atoms with Gasteiger partial charge in [-0.2, -0.15) is 0 Å². The molecule has 1 saturated heterocycles. The van der Waals surface area contributed by atoms with Crippen molar-refractivity contribution in [1.29, 1.82) is 0 Å². The average Bonchev–Trinajstić information content (AvgIpc) is 2.95. The fourth-order valence-corrected chi connectivity index (χ4v) is 5.72. The van der Waals surface area contributed by atoms with Crippen LogP contribution in [0.3, 0.4) is 0 Å². The molecule has 4 rings (SSSR count). The van der Waals surface area contributed by atoms with Gasteiger partial charge in [0.15, 0.2) is 0 Å². The molecule has 0 amide bonds. The smallest absolute Gasteiger partial charge is 0.315 e. The number of benzene rings is 1. The van der Waals surface area contributed by atoms with Crippen molar-refractivity contribution < 1.29 is 19.6 Å². The second-order valence-electron chi connectivity index (χ2n) is 8.98.